The molecule has 6 heteroatoms. The normalized spacial score (nSPS) is 10.8. The van der Waals surface area contributed by atoms with Crippen molar-refractivity contribution in [2.75, 3.05) is 13.1 Å². The molecular weight excluding hydrogens is 382 g/mol. The first-order valence-electron chi connectivity index (χ1n) is 10.8. The summed E-state index contributed by atoms with van der Waals surface area (Å²) in [5, 5.41) is 3.19. The summed E-state index contributed by atoms with van der Waals surface area (Å²) in [5.74, 6) is 0.460. The van der Waals surface area contributed by atoms with E-state index in [4.69, 9.17) is 0 Å². The van der Waals surface area contributed by atoms with Crippen LogP contribution in [0.1, 0.15) is 70.2 Å². The van der Waals surface area contributed by atoms with Gasteiger partial charge in [0.15, 0.2) is 0 Å². The van der Waals surface area contributed by atoms with Crippen molar-refractivity contribution in [2.24, 2.45) is 0 Å². The first kappa shape index (κ1) is 23.2. The van der Waals surface area contributed by atoms with Crippen LogP contribution in [0.25, 0.3) is 11.3 Å². The Balaban J connectivity index is 1.60. The van der Waals surface area contributed by atoms with Gasteiger partial charge in [0.05, 0.1) is 10.7 Å². The second-order valence-corrected chi connectivity index (χ2v) is 8.29. The molecule has 0 spiro atoms. The molecule has 0 aliphatic carbocycles. The molecule has 2 aromatic heterocycles. The van der Waals surface area contributed by atoms with Crippen LogP contribution in [0, 0.1) is 0 Å². The van der Waals surface area contributed by atoms with Crippen molar-refractivity contribution >= 4 is 23.0 Å². The summed E-state index contributed by atoms with van der Waals surface area (Å²) in [5.41, 5.74) is 2.08. The number of amides is 1. The van der Waals surface area contributed by atoms with Crippen molar-refractivity contribution in [3.8, 4) is 11.3 Å². The van der Waals surface area contributed by atoms with Gasteiger partial charge in [0.2, 0.25) is 5.91 Å². The molecule has 158 valence electrons. The van der Waals surface area contributed by atoms with Gasteiger partial charge < -0.3 is 4.90 Å². The third kappa shape index (κ3) is 8.44. The molecule has 2 rings (SSSR count). The lowest BCUT2D eigenvalue weighted by Crippen LogP contribution is -2.32. The Morgan fingerprint density at radius 2 is 1.66 bits per heavy atom. The molecular formula is C23H33N3O2S. The van der Waals surface area contributed by atoms with Gasteiger partial charge in [-0.2, -0.15) is 0 Å². The van der Waals surface area contributed by atoms with Crippen LogP contribution in [0.2, 0.25) is 0 Å². The molecule has 0 aromatic carbocycles. The van der Waals surface area contributed by atoms with E-state index in [1.54, 1.807) is 23.7 Å². The SMILES string of the molecule is CCCN(CCC)C(=O)CCCC(=O)CCCCc1nc(-c2ccncc2)cs1. The van der Waals surface area contributed by atoms with E-state index in [1.165, 1.54) is 0 Å². The highest BCUT2D eigenvalue weighted by molar-refractivity contribution is 7.09. The Morgan fingerprint density at radius 1 is 0.966 bits per heavy atom. The minimum atomic E-state index is 0.190. The highest BCUT2D eigenvalue weighted by Gasteiger charge is 2.12. The molecule has 0 radical (unpaired) electrons. The molecule has 0 atom stereocenters. The largest absolute Gasteiger partial charge is 0.343 e. The maximum atomic E-state index is 12.2. The van der Waals surface area contributed by atoms with Crippen molar-refractivity contribution in [3.63, 3.8) is 0 Å². The molecule has 0 fully saturated rings. The standard InChI is InChI=1S/C23H33N3O2S/c1-3-16-26(17-4-2)23(28)11-7-9-20(27)8-5-6-10-22-25-21(18-29-22)19-12-14-24-15-13-19/h12-15,18H,3-11,16-17H2,1-2H3. The smallest absolute Gasteiger partial charge is 0.222 e. The fraction of sp³-hybridized carbons (Fsp3) is 0.565. The lowest BCUT2D eigenvalue weighted by Gasteiger charge is -2.21. The Morgan fingerprint density at radius 3 is 2.34 bits per heavy atom. The Kier molecular flexibility index (Phi) is 10.6. The van der Waals surface area contributed by atoms with Crippen LogP contribution < -0.4 is 0 Å². The summed E-state index contributed by atoms with van der Waals surface area (Å²) in [6, 6.07) is 3.93. The number of aromatic nitrogens is 2. The van der Waals surface area contributed by atoms with Gasteiger partial charge >= 0.3 is 0 Å². The fourth-order valence-electron chi connectivity index (χ4n) is 3.30. The van der Waals surface area contributed by atoms with Crippen LogP contribution >= 0.6 is 11.3 Å². The molecule has 0 aliphatic rings. The van der Waals surface area contributed by atoms with Gasteiger partial charge in [0, 0.05) is 55.7 Å². The summed E-state index contributed by atoms with van der Waals surface area (Å²) in [7, 11) is 0. The molecule has 5 nitrogen and oxygen atoms in total. The van der Waals surface area contributed by atoms with E-state index in [0.717, 1.165) is 61.5 Å². The van der Waals surface area contributed by atoms with Crippen LogP contribution in [0.3, 0.4) is 0 Å². The van der Waals surface area contributed by atoms with Crippen LogP contribution in [0.5, 0.6) is 0 Å². The number of ketones is 1. The van der Waals surface area contributed by atoms with Crippen molar-refractivity contribution < 1.29 is 9.59 Å². The zero-order valence-corrected chi connectivity index (χ0v) is 18.5. The quantitative estimate of drug-likeness (QED) is 0.393. The fourth-order valence-corrected chi connectivity index (χ4v) is 4.15. The first-order valence-corrected chi connectivity index (χ1v) is 11.7. The van der Waals surface area contributed by atoms with Crippen molar-refractivity contribution in [2.45, 2.75) is 71.6 Å². The third-order valence-corrected chi connectivity index (χ3v) is 5.72. The van der Waals surface area contributed by atoms with E-state index in [-0.39, 0.29) is 11.7 Å². The predicted molar refractivity (Wildman–Crippen MR) is 119 cm³/mol. The zero-order chi connectivity index (χ0) is 20.9. The van der Waals surface area contributed by atoms with E-state index >= 15 is 0 Å². The average molecular weight is 416 g/mol. The summed E-state index contributed by atoms with van der Waals surface area (Å²) >= 11 is 1.67. The molecule has 2 aromatic rings. The summed E-state index contributed by atoms with van der Waals surface area (Å²) in [6.07, 6.45) is 10.5. The van der Waals surface area contributed by atoms with Crippen LogP contribution in [-0.4, -0.2) is 39.6 Å². The van der Waals surface area contributed by atoms with Crippen LogP contribution in [0.15, 0.2) is 29.9 Å². The average Bonchev–Trinajstić information content (AvgIpc) is 3.20. The predicted octanol–water partition coefficient (Wildman–Crippen LogP) is 5.31. The molecule has 0 aliphatic heterocycles. The van der Waals surface area contributed by atoms with Crippen molar-refractivity contribution in [3.05, 3.63) is 34.9 Å². The minimum Gasteiger partial charge on any atom is -0.343 e. The molecule has 0 unspecified atom stereocenters. The van der Waals surface area contributed by atoms with Crippen LogP contribution in [0.4, 0.5) is 0 Å². The molecule has 2 heterocycles. The number of rotatable bonds is 14. The highest BCUT2D eigenvalue weighted by Crippen LogP contribution is 2.22. The molecule has 1 amide bonds. The van der Waals surface area contributed by atoms with Gasteiger partial charge in [-0.25, -0.2) is 4.98 Å². The maximum Gasteiger partial charge on any atom is 0.222 e. The van der Waals surface area contributed by atoms with Gasteiger partial charge in [-0.05, 0) is 50.7 Å². The van der Waals surface area contributed by atoms with E-state index in [0.29, 0.717) is 25.7 Å². The van der Waals surface area contributed by atoms with Crippen molar-refractivity contribution in [1.82, 2.24) is 14.9 Å². The first-order chi connectivity index (χ1) is 14.1. The monoisotopic (exact) mass is 415 g/mol. The Hall–Kier alpha value is -2.08. The second kappa shape index (κ2) is 13.2. The Labute approximate surface area is 178 Å². The second-order valence-electron chi connectivity index (χ2n) is 7.34. The van der Waals surface area contributed by atoms with Gasteiger partial charge in [-0.15, -0.1) is 11.3 Å². The van der Waals surface area contributed by atoms with E-state index in [2.05, 4.69) is 29.2 Å². The Bertz CT molecular complexity index is 740. The van der Waals surface area contributed by atoms with Gasteiger partial charge in [0.25, 0.3) is 0 Å². The lowest BCUT2D eigenvalue weighted by atomic mass is 10.1. The molecule has 0 saturated carbocycles. The molecule has 29 heavy (non-hydrogen) atoms. The maximum absolute atomic E-state index is 12.2. The number of hydrogen-bond donors (Lipinski definition) is 0. The van der Waals surface area contributed by atoms with Gasteiger partial charge in [-0.1, -0.05) is 13.8 Å². The van der Waals surface area contributed by atoms with Crippen molar-refractivity contribution in [1.29, 1.82) is 0 Å². The highest BCUT2D eigenvalue weighted by atomic mass is 32.1. The number of nitrogens with zero attached hydrogens (tertiary/aromatic N) is 3. The number of unbranched alkanes of at least 4 members (excludes halogenated alkanes) is 1. The van der Waals surface area contributed by atoms with E-state index in [9.17, 15) is 9.59 Å². The van der Waals surface area contributed by atoms with E-state index < -0.39 is 0 Å². The number of carbonyl (C=O) groups is 2. The minimum absolute atomic E-state index is 0.190. The summed E-state index contributed by atoms with van der Waals surface area (Å²) < 4.78 is 0. The number of aryl methyl sites for hydroxylation is 1. The topological polar surface area (TPSA) is 63.2 Å². The lowest BCUT2D eigenvalue weighted by molar-refractivity contribution is -0.131. The number of pyridine rings is 1. The molecule has 0 saturated heterocycles. The number of thiazole rings is 1. The zero-order valence-electron chi connectivity index (χ0n) is 17.7. The third-order valence-electron chi connectivity index (χ3n) is 4.81. The summed E-state index contributed by atoms with van der Waals surface area (Å²) in [4.78, 5) is 35.0. The van der Waals surface area contributed by atoms with Gasteiger partial charge in [0.1, 0.15) is 5.78 Å². The number of hydrogen-bond acceptors (Lipinski definition) is 5. The summed E-state index contributed by atoms with van der Waals surface area (Å²) in [6.45, 7) is 5.82. The molecule has 0 N–H and O–H groups in total. The number of Topliss-reactive ketones (excluding diaryl/α,β-unsaturated/α-hetero) is 1. The van der Waals surface area contributed by atoms with Gasteiger partial charge in [-0.3, -0.25) is 14.6 Å². The van der Waals surface area contributed by atoms with E-state index in [1.807, 2.05) is 17.0 Å². The van der Waals surface area contributed by atoms with Crippen LogP contribution in [-0.2, 0) is 16.0 Å². The molecule has 0 bridgehead atoms. The number of carbonyl (C=O) groups excluding carboxylic acids is 2.